The van der Waals surface area contributed by atoms with E-state index in [0.29, 0.717) is 30.8 Å². The third-order valence-electron chi connectivity index (χ3n) is 7.57. The Morgan fingerprint density at radius 2 is 1.89 bits per heavy atom. The molecule has 4 rings (SSSR count). The molecule has 0 bridgehead atoms. The molecule has 9 nitrogen and oxygen atoms in total. The van der Waals surface area contributed by atoms with E-state index in [1.54, 1.807) is 12.1 Å². The zero-order chi connectivity index (χ0) is 27.7. The van der Waals surface area contributed by atoms with Crippen LogP contribution in [0.4, 0.5) is 14.9 Å². The number of amides is 3. The number of benzene rings is 1. The van der Waals surface area contributed by atoms with Gasteiger partial charge in [-0.1, -0.05) is 19.9 Å². The van der Waals surface area contributed by atoms with Gasteiger partial charge in [0, 0.05) is 45.2 Å². The van der Waals surface area contributed by atoms with Crippen LogP contribution < -0.4 is 15.6 Å². The zero-order valence-corrected chi connectivity index (χ0v) is 23.3. The second kappa shape index (κ2) is 11.2. The predicted molar refractivity (Wildman–Crippen MR) is 143 cm³/mol. The molecule has 1 aromatic carbocycles. The third kappa shape index (κ3) is 7.22. The Labute approximate surface area is 225 Å². The lowest BCUT2D eigenvalue weighted by Crippen LogP contribution is -2.50. The fourth-order valence-corrected chi connectivity index (χ4v) is 5.76. The molecule has 2 N–H and O–H groups in total. The van der Waals surface area contributed by atoms with E-state index in [1.807, 2.05) is 25.8 Å². The SMILES string of the molecule is CC1(C)CC(CCN2CCN(c3ccc(C4CCC(=O)NC4=O)cc3F)CC2)N(NC(=O)OC(C)(C)C)C1. The molecule has 3 fully saturated rings. The highest BCUT2D eigenvalue weighted by Gasteiger charge is 2.39. The van der Waals surface area contributed by atoms with Gasteiger partial charge in [-0.3, -0.25) is 25.2 Å². The number of ether oxygens (including phenoxy) is 1. The lowest BCUT2D eigenvalue weighted by atomic mass is 9.90. The van der Waals surface area contributed by atoms with Crippen LogP contribution in [0.2, 0.25) is 0 Å². The van der Waals surface area contributed by atoms with E-state index in [1.165, 1.54) is 6.07 Å². The lowest BCUT2D eigenvalue weighted by molar-refractivity contribution is -0.134. The highest BCUT2D eigenvalue weighted by molar-refractivity contribution is 6.00. The second-order valence-corrected chi connectivity index (χ2v) is 12.6. The number of carbonyl (C=O) groups is 3. The van der Waals surface area contributed by atoms with Crippen molar-refractivity contribution < 1.29 is 23.5 Å². The van der Waals surface area contributed by atoms with E-state index in [-0.39, 0.29) is 35.5 Å². The van der Waals surface area contributed by atoms with Gasteiger partial charge in [-0.2, -0.15) is 0 Å². The van der Waals surface area contributed by atoms with Gasteiger partial charge >= 0.3 is 6.09 Å². The van der Waals surface area contributed by atoms with Crippen LogP contribution in [-0.4, -0.2) is 78.7 Å². The molecule has 0 spiro atoms. The van der Waals surface area contributed by atoms with Crippen molar-refractivity contribution in [2.24, 2.45) is 5.41 Å². The van der Waals surface area contributed by atoms with E-state index >= 15 is 4.39 Å². The Bertz CT molecular complexity index is 1050. The van der Waals surface area contributed by atoms with Crippen molar-refractivity contribution in [3.63, 3.8) is 0 Å². The minimum atomic E-state index is -0.542. The lowest BCUT2D eigenvalue weighted by Gasteiger charge is -2.37. The van der Waals surface area contributed by atoms with E-state index in [2.05, 4.69) is 34.4 Å². The largest absolute Gasteiger partial charge is 0.443 e. The molecule has 0 aliphatic carbocycles. The van der Waals surface area contributed by atoms with Gasteiger partial charge in [0.1, 0.15) is 11.4 Å². The molecular formula is C28H42FN5O4. The maximum absolute atomic E-state index is 15.1. The van der Waals surface area contributed by atoms with Crippen molar-refractivity contribution in [1.29, 1.82) is 0 Å². The van der Waals surface area contributed by atoms with Crippen LogP contribution in [0.3, 0.4) is 0 Å². The van der Waals surface area contributed by atoms with E-state index in [9.17, 15) is 14.4 Å². The number of piperidine rings is 1. The first-order chi connectivity index (χ1) is 17.8. The standard InChI is InChI=1S/C28H42FN5O4/c1-27(2,3)38-26(37)31-34-18-28(4,5)17-20(34)10-11-32-12-14-33(15-13-32)23-8-6-19(16-22(23)29)21-7-9-24(35)30-25(21)36/h6,8,16,20-21H,7,9-15,17-18H2,1-5H3,(H,31,37)(H,30,35,36). The molecule has 10 heteroatoms. The molecule has 3 heterocycles. The summed E-state index contributed by atoms with van der Waals surface area (Å²) < 4.78 is 20.5. The molecule has 0 saturated carbocycles. The first-order valence-electron chi connectivity index (χ1n) is 13.7. The molecule has 0 radical (unpaired) electrons. The molecule has 2 atom stereocenters. The quantitative estimate of drug-likeness (QED) is 0.544. The summed E-state index contributed by atoms with van der Waals surface area (Å²) in [5.41, 5.74) is 3.68. The van der Waals surface area contributed by atoms with Crippen molar-refractivity contribution in [3.8, 4) is 0 Å². The van der Waals surface area contributed by atoms with Crippen molar-refractivity contribution in [3.05, 3.63) is 29.6 Å². The molecule has 3 aliphatic heterocycles. The Hall–Kier alpha value is -2.72. The average Bonchev–Trinajstić information content (AvgIpc) is 3.09. The minimum Gasteiger partial charge on any atom is -0.443 e. The van der Waals surface area contributed by atoms with E-state index in [4.69, 9.17) is 4.74 Å². The normalized spacial score (nSPS) is 24.8. The summed E-state index contributed by atoms with van der Waals surface area (Å²) in [6, 6.07) is 5.23. The molecule has 210 valence electrons. The van der Waals surface area contributed by atoms with Gasteiger partial charge in [-0.25, -0.2) is 14.2 Å². The van der Waals surface area contributed by atoms with Gasteiger partial charge in [0.05, 0.1) is 11.6 Å². The Kier molecular flexibility index (Phi) is 8.32. The fraction of sp³-hybridized carbons (Fsp3) is 0.679. The Morgan fingerprint density at radius 1 is 1.18 bits per heavy atom. The number of anilines is 1. The van der Waals surface area contributed by atoms with Gasteiger partial charge in [0.2, 0.25) is 11.8 Å². The van der Waals surface area contributed by atoms with E-state index in [0.717, 1.165) is 39.0 Å². The van der Waals surface area contributed by atoms with Gasteiger partial charge in [-0.05, 0) is 69.7 Å². The molecule has 3 saturated heterocycles. The number of rotatable bonds is 6. The molecule has 2 unspecified atom stereocenters. The van der Waals surface area contributed by atoms with Crippen LogP contribution in [0, 0.1) is 11.2 Å². The highest BCUT2D eigenvalue weighted by atomic mass is 19.1. The van der Waals surface area contributed by atoms with E-state index < -0.39 is 17.6 Å². The number of nitrogens with one attached hydrogen (secondary N) is 2. The molecule has 1 aromatic rings. The summed E-state index contributed by atoms with van der Waals surface area (Å²) in [5, 5.41) is 4.37. The minimum absolute atomic E-state index is 0.107. The maximum atomic E-state index is 15.1. The number of hydrazine groups is 1. The summed E-state index contributed by atoms with van der Waals surface area (Å²) in [4.78, 5) is 40.4. The fourth-order valence-electron chi connectivity index (χ4n) is 5.76. The number of nitrogens with zero attached hydrogens (tertiary/aromatic N) is 3. The van der Waals surface area contributed by atoms with Crippen LogP contribution in [-0.2, 0) is 14.3 Å². The second-order valence-electron chi connectivity index (χ2n) is 12.6. The number of piperazine rings is 1. The number of hydrogen-bond donors (Lipinski definition) is 2. The van der Waals surface area contributed by atoms with Crippen molar-refractivity contribution in [2.45, 2.75) is 77.9 Å². The first-order valence-corrected chi connectivity index (χ1v) is 13.7. The van der Waals surface area contributed by atoms with Gasteiger partial charge in [0.25, 0.3) is 0 Å². The highest BCUT2D eigenvalue weighted by Crippen LogP contribution is 2.35. The van der Waals surface area contributed by atoms with Crippen LogP contribution >= 0.6 is 0 Å². The smallest absolute Gasteiger partial charge is 0.422 e. The van der Waals surface area contributed by atoms with Gasteiger partial charge in [0.15, 0.2) is 0 Å². The number of carbonyl (C=O) groups excluding carboxylic acids is 3. The average molecular weight is 532 g/mol. The summed E-state index contributed by atoms with van der Waals surface area (Å²) >= 11 is 0. The van der Waals surface area contributed by atoms with Crippen LogP contribution in [0.1, 0.15) is 71.8 Å². The topological polar surface area (TPSA) is 94.2 Å². The Morgan fingerprint density at radius 3 is 2.53 bits per heavy atom. The molecular weight excluding hydrogens is 489 g/mol. The van der Waals surface area contributed by atoms with Gasteiger partial charge < -0.3 is 9.64 Å². The summed E-state index contributed by atoms with van der Waals surface area (Å²) in [6.45, 7) is 14.8. The van der Waals surface area contributed by atoms with Crippen LogP contribution in [0.25, 0.3) is 0 Å². The Balaban J connectivity index is 1.28. The number of imide groups is 1. The first kappa shape index (κ1) is 28.3. The summed E-state index contributed by atoms with van der Waals surface area (Å²) in [7, 11) is 0. The van der Waals surface area contributed by atoms with Crippen LogP contribution in [0.15, 0.2) is 18.2 Å². The number of halogens is 1. The maximum Gasteiger partial charge on any atom is 0.422 e. The van der Waals surface area contributed by atoms with Crippen molar-refractivity contribution in [2.75, 3.05) is 44.2 Å². The predicted octanol–water partition coefficient (Wildman–Crippen LogP) is 3.40. The molecule has 3 aliphatic rings. The number of hydrogen-bond acceptors (Lipinski definition) is 7. The van der Waals surface area contributed by atoms with Gasteiger partial charge in [-0.15, -0.1) is 0 Å². The third-order valence-corrected chi connectivity index (χ3v) is 7.57. The molecule has 3 amide bonds. The van der Waals surface area contributed by atoms with Crippen molar-refractivity contribution >= 4 is 23.6 Å². The molecule has 38 heavy (non-hydrogen) atoms. The summed E-state index contributed by atoms with van der Waals surface area (Å²) in [5.74, 6) is -1.45. The van der Waals surface area contributed by atoms with Crippen LogP contribution in [0.5, 0.6) is 0 Å². The van der Waals surface area contributed by atoms with Crippen molar-refractivity contribution in [1.82, 2.24) is 20.7 Å². The molecule has 0 aromatic heterocycles. The zero-order valence-electron chi connectivity index (χ0n) is 23.3. The monoisotopic (exact) mass is 531 g/mol. The summed E-state index contributed by atoms with van der Waals surface area (Å²) in [6.07, 6.45) is 2.18.